The van der Waals surface area contributed by atoms with Crippen LogP contribution in [-0.4, -0.2) is 6.21 Å². The lowest BCUT2D eigenvalue weighted by Crippen LogP contribution is -1.89. The number of para-hydroxylation sites is 1. The summed E-state index contributed by atoms with van der Waals surface area (Å²) in [7, 11) is 0. The topological polar surface area (TPSA) is 24.4 Å². The number of aliphatic imine (C=N–C) groups is 1. The maximum absolute atomic E-state index is 4.04. The van der Waals surface area contributed by atoms with Gasteiger partial charge in [0.1, 0.15) is 0 Å². The Kier molecular flexibility index (Phi) is 4.76. The Balaban J connectivity index is 0.000000149. The average molecular weight is 236 g/mol. The minimum absolute atomic E-state index is 1.08. The molecule has 1 aromatic carbocycles. The number of nitrogens with zero attached hydrogens (tertiary/aromatic N) is 1. The van der Waals surface area contributed by atoms with Crippen LogP contribution >= 0.6 is 0 Å². The summed E-state index contributed by atoms with van der Waals surface area (Å²) in [5, 5.41) is 3.12. The van der Waals surface area contributed by atoms with E-state index in [2.05, 4.69) is 34.6 Å². The van der Waals surface area contributed by atoms with Gasteiger partial charge in [-0.3, -0.25) is 4.99 Å². The molecule has 0 saturated heterocycles. The van der Waals surface area contributed by atoms with E-state index < -0.39 is 0 Å². The summed E-state index contributed by atoms with van der Waals surface area (Å²) in [4.78, 5) is 4.04. The van der Waals surface area contributed by atoms with Gasteiger partial charge in [0.2, 0.25) is 0 Å². The molecule has 0 fully saturated rings. The summed E-state index contributed by atoms with van der Waals surface area (Å²) in [5.41, 5.74) is 2.22. The molecule has 3 rings (SSSR count). The molecular formula is C16H16N2. The predicted octanol–water partition coefficient (Wildman–Crippen LogP) is 4.06. The molecule has 18 heavy (non-hydrogen) atoms. The van der Waals surface area contributed by atoms with Crippen molar-refractivity contribution in [3.05, 3.63) is 78.7 Å². The van der Waals surface area contributed by atoms with Crippen LogP contribution in [0, 0.1) is 0 Å². The molecule has 0 bridgehead atoms. The SMILES string of the molecule is C1=CC=CCC=C1.C1=CNc2ccccc2C=N1. The van der Waals surface area contributed by atoms with Crippen LogP contribution in [0.5, 0.6) is 0 Å². The van der Waals surface area contributed by atoms with E-state index in [0.29, 0.717) is 0 Å². The highest BCUT2D eigenvalue weighted by molar-refractivity contribution is 5.88. The zero-order valence-corrected chi connectivity index (χ0v) is 10.2. The molecule has 0 unspecified atom stereocenters. The van der Waals surface area contributed by atoms with Gasteiger partial charge in [0.15, 0.2) is 0 Å². The molecule has 1 heterocycles. The second kappa shape index (κ2) is 7.07. The summed E-state index contributed by atoms with van der Waals surface area (Å²) < 4.78 is 0. The number of fused-ring (bicyclic) bond motifs is 1. The van der Waals surface area contributed by atoms with Crippen molar-refractivity contribution in [1.29, 1.82) is 0 Å². The lowest BCUT2D eigenvalue weighted by atomic mass is 10.2. The molecule has 0 saturated carbocycles. The molecule has 1 aromatic rings. The Morgan fingerprint density at radius 2 is 1.72 bits per heavy atom. The first-order valence-corrected chi connectivity index (χ1v) is 5.99. The fourth-order valence-electron chi connectivity index (χ4n) is 1.56. The van der Waals surface area contributed by atoms with E-state index in [4.69, 9.17) is 0 Å². The number of hydrogen-bond donors (Lipinski definition) is 1. The maximum Gasteiger partial charge on any atom is 0.0469 e. The summed E-state index contributed by atoms with van der Waals surface area (Å²) in [6.07, 6.45) is 18.9. The van der Waals surface area contributed by atoms with Gasteiger partial charge in [0.05, 0.1) is 0 Å². The second-order valence-corrected chi connectivity index (χ2v) is 3.80. The molecule has 1 aliphatic heterocycles. The van der Waals surface area contributed by atoms with Crippen molar-refractivity contribution >= 4 is 11.9 Å². The van der Waals surface area contributed by atoms with Crippen molar-refractivity contribution in [3.8, 4) is 0 Å². The van der Waals surface area contributed by atoms with Gasteiger partial charge in [-0.15, -0.1) is 0 Å². The molecular weight excluding hydrogens is 220 g/mol. The standard InChI is InChI=1S/C9H8N2.C7H8/c1-2-4-9-8(3-1)7-10-5-6-11-9;1-2-4-6-7-5-3-1/h1-7,11H;1-6H,7H2. The van der Waals surface area contributed by atoms with Gasteiger partial charge >= 0.3 is 0 Å². The van der Waals surface area contributed by atoms with Gasteiger partial charge in [-0.2, -0.15) is 0 Å². The third kappa shape index (κ3) is 3.91. The molecule has 0 spiro atoms. The van der Waals surface area contributed by atoms with E-state index in [9.17, 15) is 0 Å². The summed E-state index contributed by atoms with van der Waals surface area (Å²) >= 11 is 0. The summed E-state index contributed by atoms with van der Waals surface area (Å²) in [5.74, 6) is 0. The highest BCUT2D eigenvalue weighted by atomic mass is 14.9. The number of benzene rings is 1. The van der Waals surface area contributed by atoms with E-state index >= 15 is 0 Å². The monoisotopic (exact) mass is 236 g/mol. The van der Waals surface area contributed by atoms with Gasteiger partial charge in [0.25, 0.3) is 0 Å². The Morgan fingerprint density at radius 1 is 0.944 bits per heavy atom. The van der Waals surface area contributed by atoms with E-state index in [1.54, 1.807) is 6.20 Å². The molecule has 0 radical (unpaired) electrons. The van der Waals surface area contributed by atoms with Crippen LogP contribution in [0.4, 0.5) is 5.69 Å². The van der Waals surface area contributed by atoms with Crippen molar-refractivity contribution < 1.29 is 0 Å². The number of hydrogen-bond acceptors (Lipinski definition) is 2. The molecule has 0 aromatic heterocycles. The number of anilines is 1. The fraction of sp³-hybridized carbons (Fsp3) is 0.0625. The minimum Gasteiger partial charge on any atom is -0.360 e. The van der Waals surface area contributed by atoms with Crippen molar-refractivity contribution in [2.45, 2.75) is 6.42 Å². The van der Waals surface area contributed by atoms with E-state index in [0.717, 1.165) is 17.7 Å². The molecule has 2 nitrogen and oxygen atoms in total. The number of nitrogens with one attached hydrogen (secondary N) is 1. The lowest BCUT2D eigenvalue weighted by molar-refractivity contribution is 1.41. The molecule has 0 amide bonds. The van der Waals surface area contributed by atoms with Crippen LogP contribution in [-0.2, 0) is 0 Å². The van der Waals surface area contributed by atoms with Gasteiger partial charge in [0, 0.05) is 29.9 Å². The summed E-state index contributed by atoms with van der Waals surface area (Å²) in [6.45, 7) is 0. The summed E-state index contributed by atoms with van der Waals surface area (Å²) in [6, 6.07) is 8.05. The highest BCUT2D eigenvalue weighted by Crippen LogP contribution is 2.13. The Bertz CT molecular complexity index is 506. The third-order valence-corrected chi connectivity index (χ3v) is 2.45. The van der Waals surface area contributed by atoms with E-state index in [-0.39, 0.29) is 0 Å². The van der Waals surface area contributed by atoms with E-state index in [1.807, 2.05) is 48.8 Å². The van der Waals surface area contributed by atoms with Gasteiger partial charge in [-0.25, -0.2) is 0 Å². The number of allylic oxidation sites excluding steroid dienone is 6. The highest BCUT2D eigenvalue weighted by Gasteiger charge is 1.96. The van der Waals surface area contributed by atoms with Crippen LogP contribution in [0.25, 0.3) is 0 Å². The van der Waals surface area contributed by atoms with Crippen molar-refractivity contribution in [3.63, 3.8) is 0 Å². The first-order valence-electron chi connectivity index (χ1n) is 5.99. The first-order chi connectivity index (χ1) is 8.97. The van der Waals surface area contributed by atoms with Gasteiger partial charge in [-0.1, -0.05) is 54.7 Å². The van der Waals surface area contributed by atoms with Gasteiger partial charge in [-0.05, 0) is 12.5 Å². The minimum atomic E-state index is 1.08. The van der Waals surface area contributed by atoms with Crippen molar-refractivity contribution in [2.24, 2.45) is 4.99 Å². The largest absolute Gasteiger partial charge is 0.360 e. The van der Waals surface area contributed by atoms with Crippen molar-refractivity contribution in [1.82, 2.24) is 0 Å². The predicted molar refractivity (Wildman–Crippen MR) is 78.8 cm³/mol. The average Bonchev–Trinajstić information content (AvgIpc) is 2.84. The molecule has 1 aliphatic carbocycles. The lowest BCUT2D eigenvalue weighted by Gasteiger charge is -2.01. The maximum atomic E-state index is 4.04. The van der Waals surface area contributed by atoms with Crippen LogP contribution in [0.2, 0.25) is 0 Å². The van der Waals surface area contributed by atoms with E-state index in [1.165, 1.54) is 0 Å². The number of rotatable bonds is 0. The molecule has 0 atom stereocenters. The van der Waals surface area contributed by atoms with Gasteiger partial charge < -0.3 is 5.32 Å². The molecule has 2 heteroatoms. The Morgan fingerprint density at radius 3 is 2.56 bits per heavy atom. The molecule has 2 aliphatic rings. The Hall–Kier alpha value is -2.35. The normalized spacial score (nSPS) is 14.9. The van der Waals surface area contributed by atoms with Crippen LogP contribution in [0.3, 0.4) is 0 Å². The first kappa shape index (κ1) is 12.1. The van der Waals surface area contributed by atoms with Crippen molar-refractivity contribution in [2.75, 3.05) is 5.32 Å². The smallest absolute Gasteiger partial charge is 0.0469 e. The fourth-order valence-corrected chi connectivity index (χ4v) is 1.56. The molecule has 1 N–H and O–H groups in total. The van der Waals surface area contributed by atoms with Crippen LogP contribution in [0.15, 0.2) is 78.1 Å². The molecule has 90 valence electrons. The van der Waals surface area contributed by atoms with Crippen LogP contribution in [0.1, 0.15) is 12.0 Å². The zero-order chi connectivity index (χ0) is 12.5. The second-order valence-electron chi connectivity index (χ2n) is 3.80. The third-order valence-electron chi connectivity index (χ3n) is 2.45. The Labute approximate surface area is 108 Å². The van der Waals surface area contributed by atoms with Crippen LogP contribution < -0.4 is 5.32 Å². The quantitative estimate of drug-likeness (QED) is 0.721. The zero-order valence-electron chi connectivity index (χ0n) is 10.2.